The average Bonchev–Trinajstić information content (AvgIpc) is 2.59. The zero-order chi connectivity index (χ0) is 21.8. The SMILES string of the molecule is Cc1ccc(C)c(N(CCCC(=O)Nc2ccccc2C(F)(F)F)S(C)(=O)=O)c1. The van der Waals surface area contributed by atoms with Gasteiger partial charge in [-0.3, -0.25) is 9.10 Å². The standard InChI is InChI=1S/C20H23F3N2O3S/c1-14-10-11-15(2)18(13-14)25(29(3,27)28)12-6-9-19(26)24-17-8-5-4-7-16(17)20(21,22)23/h4-5,7-8,10-11,13H,6,9,12H2,1-3H3,(H,24,26). The lowest BCUT2D eigenvalue weighted by molar-refractivity contribution is -0.137. The van der Waals surface area contributed by atoms with E-state index in [9.17, 15) is 26.4 Å². The minimum absolute atomic E-state index is 0.0392. The van der Waals surface area contributed by atoms with Gasteiger partial charge in [0.25, 0.3) is 0 Å². The zero-order valence-corrected chi connectivity index (χ0v) is 17.2. The number of nitrogens with one attached hydrogen (secondary N) is 1. The van der Waals surface area contributed by atoms with Crippen LogP contribution >= 0.6 is 0 Å². The van der Waals surface area contributed by atoms with E-state index in [1.165, 1.54) is 22.5 Å². The number of rotatable bonds is 7. The highest BCUT2D eigenvalue weighted by Gasteiger charge is 2.33. The normalized spacial score (nSPS) is 11.9. The second-order valence-electron chi connectivity index (χ2n) is 6.82. The fourth-order valence-electron chi connectivity index (χ4n) is 2.89. The van der Waals surface area contributed by atoms with Crippen molar-refractivity contribution in [1.29, 1.82) is 0 Å². The highest BCUT2D eigenvalue weighted by molar-refractivity contribution is 7.92. The predicted molar refractivity (Wildman–Crippen MR) is 107 cm³/mol. The second-order valence-corrected chi connectivity index (χ2v) is 8.73. The van der Waals surface area contributed by atoms with Gasteiger partial charge in [-0.05, 0) is 49.6 Å². The van der Waals surface area contributed by atoms with Crippen molar-refractivity contribution in [2.24, 2.45) is 0 Å². The van der Waals surface area contributed by atoms with E-state index in [1.54, 1.807) is 13.0 Å². The van der Waals surface area contributed by atoms with E-state index < -0.39 is 27.7 Å². The number of hydrogen-bond donors (Lipinski definition) is 1. The van der Waals surface area contributed by atoms with E-state index in [2.05, 4.69) is 5.32 Å². The first-order chi connectivity index (χ1) is 13.4. The van der Waals surface area contributed by atoms with Crippen molar-refractivity contribution >= 4 is 27.3 Å². The zero-order valence-electron chi connectivity index (χ0n) is 16.4. The monoisotopic (exact) mass is 428 g/mol. The molecule has 0 heterocycles. The van der Waals surface area contributed by atoms with Crippen LogP contribution in [-0.4, -0.2) is 27.1 Å². The summed E-state index contributed by atoms with van der Waals surface area (Å²) in [7, 11) is -3.59. The first-order valence-corrected chi connectivity index (χ1v) is 10.8. The average molecular weight is 428 g/mol. The van der Waals surface area contributed by atoms with Crippen molar-refractivity contribution in [2.75, 3.05) is 22.4 Å². The molecule has 0 fully saturated rings. The first-order valence-electron chi connectivity index (χ1n) is 8.90. The highest BCUT2D eigenvalue weighted by atomic mass is 32.2. The van der Waals surface area contributed by atoms with Crippen LogP contribution in [0, 0.1) is 13.8 Å². The van der Waals surface area contributed by atoms with Gasteiger partial charge in [0.2, 0.25) is 15.9 Å². The summed E-state index contributed by atoms with van der Waals surface area (Å²) in [6.07, 6.45) is -3.47. The molecule has 0 spiro atoms. The van der Waals surface area contributed by atoms with Crippen molar-refractivity contribution < 1.29 is 26.4 Å². The molecule has 0 radical (unpaired) electrons. The summed E-state index contributed by atoms with van der Waals surface area (Å²) < 4.78 is 64.7. The number of anilines is 2. The minimum Gasteiger partial charge on any atom is -0.326 e. The lowest BCUT2D eigenvalue weighted by atomic mass is 10.1. The molecule has 0 saturated carbocycles. The molecule has 2 aromatic rings. The van der Waals surface area contributed by atoms with E-state index in [-0.39, 0.29) is 25.1 Å². The molecule has 2 aromatic carbocycles. The Kier molecular flexibility index (Phi) is 6.94. The van der Waals surface area contributed by atoms with Crippen LogP contribution in [0.25, 0.3) is 0 Å². The number of para-hydroxylation sites is 1. The van der Waals surface area contributed by atoms with Gasteiger partial charge in [0.1, 0.15) is 0 Å². The number of alkyl halides is 3. The molecule has 1 amide bonds. The van der Waals surface area contributed by atoms with Crippen LogP contribution in [0.3, 0.4) is 0 Å². The van der Waals surface area contributed by atoms with Crippen LogP contribution < -0.4 is 9.62 Å². The summed E-state index contributed by atoms with van der Waals surface area (Å²) in [5.41, 5.74) is 0.932. The van der Waals surface area contributed by atoms with Gasteiger partial charge in [-0.1, -0.05) is 24.3 Å². The highest BCUT2D eigenvalue weighted by Crippen LogP contribution is 2.34. The number of nitrogens with zero attached hydrogens (tertiary/aromatic N) is 1. The van der Waals surface area contributed by atoms with Crippen molar-refractivity contribution in [3.63, 3.8) is 0 Å². The summed E-state index contributed by atoms with van der Waals surface area (Å²) in [4.78, 5) is 12.1. The van der Waals surface area contributed by atoms with Crippen molar-refractivity contribution in [2.45, 2.75) is 32.9 Å². The van der Waals surface area contributed by atoms with Gasteiger partial charge in [-0.25, -0.2) is 8.42 Å². The molecule has 158 valence electrons. The van der Waals surface area contributed by atoms with Crippen molar-refractivity contribution in [3.8, 4) is 0 Å². The summed E-state index contributed by atoms with van der Waals surface area (Å²) >= 11 is 0. The molecule has 0 unspecified atom stereocenters. The van der Waals surface area contributed by atoms with Crippen molar-refractivity contribution in [3.05, 3.63) is 59.2 Å². The van der Waals surface area contributed by atoms with E-state index in [1.807, 2.05) is 19.1 Å². The molecule has 2 rings (SSSR count). The van der Waals surface area contributed by atoms with E-state index in [0.717, 1.165) is 23.4 Å². The molecule has 9 heteroatoms. The van der Waals surface area contributed by atoms with Crippen LogP contribution in [0.2, 0.25) is 0 Å². The Balaban J connectivity index is 2.07. The predicted octanol–water partition coefficient (Wildman–Crippen LogP) is 4.51. The quantitative estimate of drug-likeness (QED) is 0.706. The van der Waals surface area contributed by atoms with E-state index in [0.29, 0.717) is 5.69 Å². The molecule has 0 aliphatic heterocycles. The van der Waals surface area contributed by atoms with Crippen LogP contribution in [0.5, 0.6) is 0 Å². The Hall–Kier alpha value is -2.55. The third-order valence-corrected chi connectivity index (χ3v) is 5.49. The maximum absolute atomic E-state index is 13.0. The summed E-state index contributed by atoms with van der Waals surface area (Å²) in [5, 5.41) is 2.26. The Labute approximate surface area is 168 Å². The molecular weight excluding hydrogens is 405 g/mol. The van der Waals surface area contributed by atoms with Crippen LogP contribution in [0.4, 0.5) is 24.5 Å². The third-order valence-electron chi connectivity index (χ3n) is 4.31. The third kappa shape index (κ3) is 6.22. The van der Waals surface area contributed by atoms with Crippen LogP contribution in [0.1, 0.15) is 29.5 Å². The van der Waals surface area contributed by atoms with Crippen molar-refractivity contribution in [1.82, 2.24) is 0 Å². The fourth-order valence-corrected chi connectivity index (χ4v) is 3.90. The number of amides is 1. The van der Waals surface area contributed by atoms with E-state index in [4.69, 9.17) is 0 Å². The van der Waals surface area contributed by atoms with Crippen LogP contribution in [0.15, 0.2) is 42.5 Å². The lowest BCUT2D eigenvalue weighted by Gasteiger charge is -2.24. The Bertz CT molecular complexity index is 989. The van der Waals surface area contributed by atoms with Gasteiger partial charge >= 0.3 is 6.18 Å². The number of carbonyl (C=O) groups is 1. The number of hydrogen-bond acceptors (Lipinski definition) is 3. The van der Waals surface area contributed by atoms with Gasteiger partial charge in [-0.2, -0.15) is 13.2 Å². The molecule has 0 saturated heterocycles. The summed E-state index contributed by atoms with van der Waals surface area (Å²) in [6.45, 7) is 3.67. The molecule has 0 aliphatic carbocycles. The smallest absolute Gasteiger partial charge is 0.326 e. The van der Waals surface area contributed by atoms with Gasteiger partial charge in [0.05, 0.1) is 23.2 Å². The molecule has 0 bridgehead atoms. The number of carbonyl (C=O) groups excluding carboxylic acids is 1. The summed E-state index contributed by atoms with van der Waals surface area (Å²) in [6, 6.07) is 10.1. The van der Waals surface area contributed by atoms with Gasteiger partial charge in [0.15, 0.2) is 0 Å². The van der Waals surface area contributed by atoms with Gasteiger partial charge in [-0.15, -0.1) is 0 Å². The van der Waals surface area contributed by atoms with Gasteiger partial charge < -0.3 is 5.32 Å². The fraction of sp³-hybridized carbons (Fsp3) is 0.350. The molecule has 1 N–H and O–H groups in total. The largest absolute Gasteiger partial charge is 0.418 e. The first kappa shape index (κ1) is 22.7. The van der Waals surface area contributed by atoms with Gasteiger partial charge in [0, 0.05) is 13.0 Å². The molecule has 5 nitrogen and oxygen atoms in total. The maximum Gasteiger partial charge on any atom is 0.418 e. The maximum atomic E-state index is 13.0. The van der Waals surface area contributed by atoms with E-state index >= 15 is 0 Å². The molecular formula is C20H23F3N2O3S. The van der Waals surface area contributed by atoms with Crippen LogP contribution in [-0.2, 0) is 21.0 Å². The number of benzene rings is 2. The molecule has 0 atom stereocenters. The lowest BCUT2D eigenvalue weighted by Crippen LogP contribution is -2.32. The molecule has 0 aromatic heterocycles. The Morgan fingerprint density at radius 3 is 2.38 bits per heavy atom. The number of sulfonamides is 1. The molecule has 29 heavy (non-hydrogen) atoms. The number of halogens is 3. The summed E-state index contributed by atoms with van der Waals surface area (Å²) in [5.74, 6) is -0.615. The number of aryl methyl sites for hydroxylation is 2. The minimum atomic E-state index is -4.58. The topological polar surface area (TPSA) is 66.5 Å². The Morgan fingerprint density at radius 2 is 1.76 bits per heavy atom. The Morgan fingerprint density at radius 1 is 1.10 bits per heavy atom. The molecule has 0 aliphatic rings. The second kappa shape index (κ2) is 8.86.